The van der Waals surface area contributed by atoms with Crippen LogP contribution in [0.25, 0.3) is 22.2 Å². The second-order valence-electron chi connectivity index (χ2n) is 4.05. The summed E-state index contributed by atoms with van der Waals surface area (Å²) in [5, 5.41) is 10.5. The van der Waals surface area contributed by atoms with Crippen molar-refractivity contribution in [2.24, 2.45) is 0 Å². The summed E-state index contributed by atoms with van der Waals surface area (Å²) in [5.74, 6) is 0. The normalized spacial score (nSPS) is 10.6. The largest absolute Gasteiger partial charge is 0.464 e. The first-order valence-electron chi connectivity index (χ1n) is 5.79. The van der Waals surface area contributed by atoms with E-state index in [0.29, 0.717) is 22.0 Å². The Bertz CT molecular complexity index is 889. The summed E-state index contributed by atoms with van der Waals surface area (Å²) >= 11 is 1.32. The van der Waals surface area contributed by atoms with Gasteiger partial charge in [0.1, 0.15) is 17.2 Å². The Kier molecular flexibility index (Phi) is 3.05. The van der Waals surface area contributed by atoms with Crippen molar-refractivity contribution in [2.45, 2.75) is 5.16 Å². The molecule has 0 fully saturated rings. The van der Waals surface area contributed by atoms with Crippen molar-refractivity contribution < 1.29 is 4.42 Å². The topological polar surface area (TPSA) is 82.7 Å². The SMILES string of the molecule is CSc1nc(-c2cccc3occc23)c(C#N)c(=O)[nH]1. The molecule has 1 N–H and O–H groups in total. The Morgan fingerprint density at radius 1 is 1.40 bits per heavy atom. The van der Waals surface area contributed by atoms with Gasteiger partial charge in [0, 0.05) is 10.9 Å². The highest BCUT2D eigenvalue weighted by Crippen LogP contribution is 2.29. The molecule has 0 saturated carbocycles. The van der Waals surface area contributed by atoms with E-state index in [0.717, 1.165) is 5.39 Å². The maximum Gasteiger partial charge on any atom is 0.270 e. The van der Waals surface area contributed by atoms with Crippen molar-refractivity contribution in [2.75, 3.05) is 6.26 Å². The summed E-state index contributed by atoms with van der Waals surface area (Å²) in [6.07, 6.45) is 3.38. The minimum Gasteiger partial charge on any atom is -0.464 e. The highest BCUT2D eigenvalue weighted by molar-refractivity contribution is 7.98. The van der Waals surface area contributed by atoms with Gasteiger partial charge in [0.15, 0.2) is 5.16 Å². The third kappa shape index (κ3) is 1.89. The molecule has 0 aliphatic heterocycles. The first-order chi connectivity index (χ1) is 9.74. The number of fused-ring (bicyclic) bond motifs is 1. The van der Waals surface area contributed by atoms with E-state index in [2.05, 4.69) is 9.97 Å². The number of nitrogens with one attached hydrogen (secondary N) is 1. The molecule has 0 radical (unpaired) electrons. The van der Waals surface area contributed by atoms with Crippen LogP contribution in [0.15, 0.2) is 44.9 Å². The molecule has 0 unspecified atom stereocenters. The summed E-state index contributed by atoms with van der Waals surface area (Å²) in [7, 11) is 0. The van der Waals surface area contributed by atoms with E-state index >= 15 is 0 Å². The molecule has 6 heteroatoms. The number of aromatic amines is 1. The molecule has 0 atom stereocenters. The van der Waals surface area contributed by atoms with Crippen LogP contribution in [0.5, 0.6) is 0 Å². The highest BCUT2D eigenvalue weighted by Gasteiger charge is 2.15. The van der Waals surface area contributed by atoms with Crippen molar-refractivity contribution in [1.82, 2.24) is 9.97 Å². The van der Waals surface area contributed by atoms with Gasteiger partial charge in [0.2, 0.25) is 0 Å². The number of furan rings is 1. The van der Waals surface area contributed by atoms with Crippen molar-refractivity contribution in [1.29, 1.82) is 5.26 Å². The third-order valence-corrected chi connectivity index (χ3v) is 3.53. The quantitative estimate of drug-likeness (QED) is 0.577. The number of H-pyrrole nitrogens is 1. The Balaban J connectivity index is 2.39. The third-order valence-electron chi connectivity index (χ3n) is 2.95. The summed E-state index contributed by atoms with van der Waals surface area (Å²) in [6, 6.07) is 9.18. The standard InChI is InChI=1S/C14H9N3O2S/c1-20-14-16-12(10(7-15)13(18)17-14)9-3-2-4-11-8(9)5-6-19-11/h2-6H,1H3,(H,16,17,18). The maximum absolute atomic E-state index is 11.9. The van der Waals surface area contributed by atoms with Crippen LogP contribution >= 0.6 is 11.8 Å². The maximum atomic E-state index is 11.9. The van der Waals surface area contributed by atoms with Crippen molar-refractivity contribution in [3.8, 4) is 17.3 Å². The summed E-state index contributed by atoms with van der Waals surface area (Å²) < 4.78 is 5.34. The fourth-order valence-corrected chi connectivity index (χ4v) is 2.43. The van der Waals surface area contributed by atoms with Crippen LogP contribution in [0.2, 0.25) is 0 Å². The van der Waals surface area contributed by atoms with Crippen LogP contribution in [0, 0.1) is 11.3 Å². The Hall–Kier alpha value is -2.52. The first kappa shape index (κ1) is 12.5. The first-order valence-corrected chi connectivity index (χ1v) is 7.02. The van der Waals surface area contributed by atoms with Crippen molar-refractivity contribution in [3.05, 3.63) is 46.4 Å². The van der Waals surface area contributed by atoms with E-state index in [4.69, 9.17) is 4.42 Å². The Morgan fingerprint density at radius 3 is 3.00 bits per heavy atom. The Labute approximate surface area is 118 Å². The number of hydrogen-bond acceptors (Lipinski definition) is 5. The van der Waals surface area contributed by atoms with Gasteiger partial charge in [-0.2, -0.15) is 5.26 Å². The van der Waals surface area contributed by atoms with Gasteiger partial charge in [-0.05, 0) is 18.4 Å². The molecule has 0 aliphatic carbocycles. The van der Waals surface area contributed by atoms with Crippen LogP contribution in [-0.4, -0.2) is 16.2 Å². The number of nitrogens with zero attached hydrogens (tertiary/aromatic N) is 2. The van der Waals surface area contributed by atoms with Gasteiger partial charge in [-0.25, -0.2) is 4.98 Å². The summed E-state index contributed by atoms with van der Waals surface area (Å²) in [5.41, 5.74) is 1.37. The molecule has 0 bridgehead atoms. The average Bonchev–Trinajstić information content (AvgIpc) is 2.94. The van der Waals surface area contributed by atoms with Gasteiger partial charge in [-0.15, -0.1) is 0 Å². The lowest BCUT2D eigenvalue weighted by atomic mass is 10.0. The summed E-state index contributed by atoms with van der Waals surface area (Å²) in [6.45, 7) is 0. The molecule has 0 saturated heterocycles. The molecule has 2 aromatic heterocycles. The number of thioether (sulfide) groups is 1. The fourth-order valence-electron chi connectivity index (χ4n) is 2.05. The predicted octanol–water partition coefficient (Wildman–Crippen LogP) is 2.78. The molecule has 0 amide bonds. The van der Waals surface area contributed by atoms with Gasteiger partial charge in [-0.1, -0.05) is 23.9 Å². The average molecular weight is 283 g/mol. The van der Waals surface area contributed by atoms with E-state index in [9.17, 15) is 10.1 Å². The van der Waals surface area contributed by atoms with Crippen LogP contribution in [-0.2, 0) is 0 Å². The molecule has 2 heterocycles. The van der Waals surface area contributed by atoms with Gasteiger partial charge >= 0.3 is 0 Å². The van der Waals surface area contributed by atoms with Crippen LogP contribution < -0.4 is 5.56 Å². The van der Waals surface area contributed by atoms with Gasteiger partial charge in [-0.3, -0.25) is 4.79 Å². The minimum absolute atomic E-state index is 0.0106. The van der Waals surface area contributed by atoms with Gasteiger partial charge in [0.05, 0.1) is 12.0 Å². The number of benzene rings is 1. The molecule has 5 nitrogen and oxygen atoms in total. The Morgan fingerprint density at radius 2 is 2.25 bits per heavy atom. The van der Waals surface area contributed by atoms with Crippen LogP contribution in [0.4, 0.5) is 0 Å². The molecule has 3 rings (SSSR count). The zero-order chi connectivity index (χ0) is 14.1. The van der Waals surface area contributed by atoms with E-state index in [1.54, 1.807) is 12.3 Å². The van der Waals surface area contributed by atoms with E-state index in [1.165, 1.54) is 11.8 Å². The highest BCUT2D eigenvalue weighted by atomic mass is 32.2. The second-order valence-corrected chi connectivity index (χ2v) is 4.84. The number of hydrogen-bond donors (Lipinski definition) is 1. The smallest absolute Gasteiger partial charge is 0.270 e. The van der Waals surface area contributed by atoms with Crippen molar-refractivity contribution >= 4 is 22.7 Å². The zero-order valence-electron chi connectivity index (χ0n) is 10.5. The lowest BCUT2D eigenvalue weighted by Crippen LogP contribution is -2.14. The van der Waals surface area contributed by atoms with Crippen LogP contribution in [0.1, 0.15) is 5.56 Å². The molecule has 1 aromatic carbocycles. The van der Waals surface area contributed by atoms with Crippen LogP contribution in [0.3, 0.4) is 0 Å². The van der Waals surface area contributed by atoms with Gasteiger partial charge in [0.25, 0.3) is 5.56 Å². The lowest BCUT2D eigenvalue weighted by molar-refractivity contribution is 0.616. The van der Waals surface area contributed by atoms with E-state index in [-0.39, 0.29) is 5.56 Å². The molecule has 3 aromatic rings. The van der Waals surface area contributed by atoms with Crippen molar-refractivity contribution in [3.63, 3.8) is 0 Å². The predicted molar refractivity (Wildman–Crippen MR) is 76.6 cm³/mol. The van der Waals surface area contributed by atoms with E-state index < -0.39 is 5.56 Å². The molecule has 98 valence electrons. The zero-order valence-corrected chi connectivity index (χ0v) is 11.3. The van der Waals surface area contributed by atoms with E-state index in [1.807, 2.05) is 30.5 Å². The number of rotatable bonds is 2. The molecular weight excluding hydrogens is 274 g/mol. The molecule has 20 heavy (non-hydrogen) atoms. The molecule has 0 spiro atoms. The summed E-state index contributed by atoms with van der Waals surface area (Å²) in [4.78, 5) is 18.9. The molecular formula is C14H9N3O2S. The fraction of sp³-hybridized carbons (Fsp3) is 0.0714. The second kappa shape index (κ2) is 4.87. The minimum atomic E-state index is -0.428. The lowest BCUT2D eigenvalue weighted by Gasteiger charge is -2.06. The number of nitriles is 1. The monoisotopic (exact) mass is 283 g/mol. The molecule has 0 aliphatic rings. The van der Waals surface area contributed by atoms with Gasteiger partial charge < -0.3 is 9.40 Å². The number of aromatic nitrogens is 2.